The Bertz CT molecular complexity index is 1680. The SMILES string of the molecule is COc1ccccc1C(=O)N(CCc1csc2nc(-c3ccc4ccccc4c3)cn12)Cc1ccco1. The van der Waals surface area contributed by atoms with E-state index in [1.54, 1.807) is 41.7 Å². The topological polar surface area (TPSA) is 60.0 Å². The molecule has 0 spiro atoms. The molecule has 0 N–H and O–H groups in total. The molecule has 0 radical (unpaired) electrons. The molecular formula is C30H25N3O3S. The van der Waals surface area contributed by atoms with Gasteiger partial charge in [0.15, 0.2) is 4.96 Å². The summed E-state index contributed by atoms with van der Waals surface area (Å²) in [6.07, 6.45) is 4.39. The summed E-state index contributed by atoms with van der Waals surface area (Å²) in [5.74, 6) is 1.20. The number of aromatic nitrogens is 2. The molecule has 6 nitrogen and oxygen atoms in total. The number of ether oxygens (including phenoxy) is 1. The van der Waals surface area contributed by atoms with Crippen molar-refractivity contribution in [2.45, 2.75) is 13.0 Å². The van der Waals surface area contributed by atoms with Crippen LogP contribution in [0, 0.1) is 0 Å². The van der Waals surface area contributed by atoms with Crippen molar-refractivity contribution in [1.82, 2.24) is 14.3 Å². The number of hydrogen-bond acceptors (Lipinski definition) is 5. The van der Waals surface area contributed by atoms with Crippen LogP contribution in [-0.4, -0.2) is 33.8 Å². The zero-order valence-corrected chi connectivity index (χ0v) is 21.2. The summed E-state index contributed by atoms with van der Waals surface area (Å²) in [5, 5.41) is 4.52. The van der Waals surface area contributed by atoms with Crippen LogP contribution in [0.2, 0.25) is 0 Å². The lowest BCUT2D eigenvalue weighted by Crippen LogP contribution is -2.32. The van der Waals surface area contributed by atoms with Crippen molar-refractivity contribution in [2.75, 3.05) is 13.7 Å². The summed E-state index contributed by atoms with van der Waals surface area (Å²) < 4.78 is 13.1. The first-order valence-corrected chi connectivity index (χ1v) is 13.0. The van der Waals surface area contributed by atoms with Gasteiger partial charge in [-0.3, -0.25) is 9.20 Å². The Morgan fingerprint density at radius 2 is 1.86 bits per heavy atom. The fraction of sp³-hybridized carbons (Fsp3) is 0.133. The van der Waals surface area contributed by atoms with Gasteiger partial charge in [0.05, 0.1) is 31.2 Å². The van der Waals surface area contributed by atoms with Crippen molar-refractivity contribution >= 4 is 33.0 Å². The van der Waals surface area contributed by atoms with Crippen LogP contribution in [0.15, 0.2) is 101 Å². The van der Waals surface area contributed by atoms with E-state index in [4.69, 9.17) is 14.1 Å². The van der Waals surface area contributed by atoms with Gasteiger partial charge >= 0.3 is 0 Å². The van der Waals surface area contributed by atoms with Crippen LogP contribution >= 0.6 is 11.3 Å². The van der Waals surface area contributed by atoms with Crippen LogP contribution < -0.4 is 4.74 Å². The molecule has 0 fully saturated rings. The van der Waals surface area contributed by atoms with E-state index in [1.807, 2.05) is 24.3 Å². The molecule has 0 atom stereocenters. The van der Waals surface area contributed by atoms with E-state index in [9.17, 15) is 4.79 Å². The third-order valence-corrected chi connectivity index (χ3v) is 7.41. The zero-order chi connectivity index (χ0) is 25.2. The monoisotopic (exact) mass is 507 g/mol. The normalized spacial score (nSPS) is 11.3. The Balaban J connectivity index is 1.26. The largest absolute Gasteiger partial charge is 0.496 e. The highest BCUT2D eigenvalue weighted by atomic mass is 32.1. The molecule has 0 saturated carbocycles. The fourth-order valence-electron chi connectivity index (χ4n) is 4.58. The maximum atomic E-state index is 13.6. The number of thiazole rings is 1. The van der Waals surface area contributed by atoms with Gasteiger partial charge in [-0.15, -0.1) is 11.3 Å². The number of methoxy groups -OCH3 is 1. The second kappa shape index (κ2) is 9.95. The summed E-state index contributed by atoms with van der Waals surface area (Å²) in [4.78, 5) is 21.2. The van der Waals surface area contributed by atoms with Gasteiger partial charge in [-0.25, -0.2) is 4.98 Å². The molecule has 1 amide bonds. The van der Waals surface area contributed by atoms with E-state index in [0.717, 1.165) is 27.7 Å². The molecule has 7 heteroatoms. The number of hydrogen-bond donors (Lipinski definition) is 0. The molecule has 0 aliphatic rings. The number of rotatable bonds is 8. The van der Waals surface area contributed by atoms with Gasteiger partial charge in [-0.05, 0) is 41.1 Å². The number of para-hydroxylation sites is 1. The first kappa shape index (κ1) is 23.1. The molecule has 37 heavy (non-hydrogen) atoms. The standard InChI is InChI=1S/C30H25N3O3S/c1-35-28-11-5-4-10-26(28)29(34)32(18-25-9-6-16-36-25)15-14-24-20-37-30-31-27(19-33(24)30)23-13-12-21-7-2-3-8-22(21)17-23/h2-13,16-17,19-20H,14-15,18H2,1H3. The summed E-state index contributed by atoms with van der Waals surface area (Å²) in [7, 11) is 1.58. The molecule has 184 valence electrons. The number of amides is 1. The number of furan rings is 1. The summed E-state index contributed by atoms with van der Waals surface area (Å²) in [6.45, 7) is 0.899. The lowest BCUT2D eigenvalue weighted by Gasteiger charge is -2.22. The average Bonchev–Trinajstić information content (AvgIpc) is 3.69. The number of fused-ring (bicyclic) bond motifs is 2. The van der Waals surface area contributed by atoms with Gasteiger partial charge in [-0.1, -0.05) is 48.5 Å². The van der Waals surface area contributed by atoms with E-state index < -0.39 is 0 Å². The lowest BCUT2D eigenvalue weighted by molar-refractivity contribution is 0.0729. The number of imidazole rings is 1. The second-order valence-corrected chi connectivity index (χ2v) is 9.66. The molecule has 3 heterocycles. The van der Waals surface area contributed by atoms with Crippen LogP contribution in [0.5, 0.6) is 5.75 Å². The van der Waals surface area contributed by atoms with E-state index in [2.05, 4.69) is 58.4 Å². The maximum absolute atomic E-state index is 13.6. The minimum Gasteiger partial charge on any atom is -0.496 e. The van der Waals surface area contributed by atoms with E-state index in [-0.39, 0.29) is 5.91 Å². The predicted molar refractivity (Wildman–Crippen MR) is 146 cm³/mol. The van der Waals surface area contributed by atoms with Gasteiger partial charge in [-0.2, -0.15) is 0 Å². The highest BCUT2D eigenvalue weighted by Crippen LogP contribution is 2.27. The number of nitrogens with zero attached hydrogens (tertiary/aromatic N) is 3. The van der Waals surface area contributed by atoms with Crippen LogP contribution in [-0.2, 0) is 13.0 Å². The van der Waals surface area contributed by atoms with Crippen molar-refractivity contribution in [3.63, 3.8) is 0 Å². The lowest BCUT2D eigenvalue weighted by atomic mass is 10.1. The summed E-state index contributed by atoms with van der Waals surface area (Å²) in [6, 6.07) is 25.8. The summed E-state index contributed by atoms with van der Waals surface area (Å²) in [5.41, 5.74) is 3.67. The highest BCUT2D eigenvalue weighted by molar-refractivity contribution is 7.15. The molecule has 0 unspecified atom stereocenters. The van der Waals surface area contributed by atoms with E-state index >= 15 is 0 Å². The third kappa shape index (κ3) is 4.61. The number of carbonyl (C=O) groups is 1. The first-order chi connectivity index (χ1) is 18.2. The molecule has 3 aromatic heterocycles. The van der Waals surface area contributed by atoms with Gasteiger partial charge in [0, 0.05) is 35.8 Å². The number of carbonyl (C=O) groups excluding carboxylic acids is 1. The smallest absolute Gasteiger partial charge is 0.258 e. The number of benzene rings is 3. The van der Waals surface area contributed by atoms with Gasteiger partial charge < -0.3 is 14.1 Å². The van der Waals surface area contributed by atoms with Crippen molar-refractivity contribution in [2.24, 2.45) is 0 Å². The average molecular weight is 508 g/mol. The van der Waals surface area contributed by atoms with Crippen molar-refractivity contribution < 1.29 is 13.9 Å². The molecule has 6 rings (SSSR count). The van der Waals surface area contributed by atoms with Crippen LogP contribution in [0.25, 0.3) is 27.0 Å². The first-order valence-electron chi connectivity index (χ1n) is 12.1. The molecule has 6 aromatic rings. The van der Waals surface area contributed by atoms with Crippen LogP contribution in [0.4, 0.5) is 0 Å². The van der Waals surface area contributed by atoms with Crippen molar-refractivity contribution in [3.8, 4) is 17.0 Å². The molecule has 0 aliphatic heterocycles. The summed E-state index contributed by atoms with van der Waals surface area (Å²) >= 11 is 1.61. The molecule has 0 bridgehead atoms. The fourth-order valence-corrected chi connectivity index (χ4v) is 5.49. The quantitative estimate of drug-likeness (QED) is 0.230. The van der Waals surface area contributed by atoms with Crippen LogP contribution in [0.3, 0.4) is 0 Å². The van der Waals surface area contributed by atoms with Gasteiger partial charge in [0.25, 0.3) is 5.91 Å². The Labute approximate surface area is 218 Å². The third-order valence-electron chi connectivity index (χ3n) is 6.52. The Hall–Kier alpha value is -4.36. The second-order valence-electron chi connectivity index (χ2n) is 8.82. The van der Waals surface area contributed by atoms with E-state index in [0.29, 0.717) is 30.8 Å². The van der Waals surface area contributed by atoms with Crippen molar-refractivity contribution in [1.29, 1.82) is 0 Å². The van der Waals surface area contributed by atoms with Gasteiger partial charge in [0.2, 0.25) is 0 Å². The predicted octanol–water partition coefficient (Wildman–Crippen LogP) is 6.70. The molecule has 0 aliphatic carbocycles. The highest BCUT2D eigenvalue weighted by Gasteiger charge is 2.21. The van der Waals surface area contributed by atoms with Crippen molar-refractivity contribution in [3.05, 3.63) is 114 Å². The maximum Gasteiger partial charge on any atom is 0.258 e. The molecule has 0 saturated heterocycles. The van der Waals surface area contributed by atoms with Gasteiger partial charge in [0.1, 0.15) is 11.5 Å². The Morgan fingerprint density at radius 3 is 2.70 bits per heavy atom. The van der Waals surface area contributed by atoms with Crippen LogP contribution in [0.1, 0.15) is 21.8 Å². The minimum absolute atomic E-state index is 0.0946. The Kier molecular flexibility index (Phi) is 6.20. The Morgan fingerprint density at radius 1 is 1.03 bits per heavy atom. The zero-order valence-electron chi connectivity index (χ0n) is 20.3. The minimum atomic E-state index is -0.0946. The molecule has 3 aromatic carbocycles. The molecular weight excluding hydrogens is 482 g/mol. The van der Waals surface area contributed by atoms with E-state index in [1.165, 1.54) is 10.8 Å².